The van der Waals surface area contributed by atoms with Crippen LogP contribution in [0.15, 0.2) is 66.0 Å². The third kappa shape index (κ3) is 5.84. The van der Waals surface area contributed by atoms with E-state index in [0.717, 1.165) is 36.5 Å². The lowest BCUT2D eigenvalue weighted by Crippen LogP contribution is -2.24. The number of rotatable bonds is 10. The molecule has 3 rings (SSSR count). The Hall–Kier alpha value is -2.79. The second-order valence-electron chi connectivity index (χ2n) is 6.80. The molecule has 1 heterocycles. The molecule has 0 bridgehead atoms. The normalized spacial score (nSPS) is 10.6. The molecule has 3 aromatic rings. The molecule has 1 amide bonds. The van der Waals surface area contributed by atoms with Crippen molar-refractivity contribution in [3.05, 3.63) is 82.0 Å². The second kappa shape index (κ2) is 10.7. The number of carbonyl (C=O) groups excluding carboxylic acids is 1. The van der Waals surface area contributed by atoms with Crippen molar-refractivity contribution in [3.8, 4) is 5.75 Å². The van der Waals surface area contributed by atoms with Gasteiger partial charge in [0.2, 0.25) is 0 Å². The highest BCUT2D eigenvalue weighted by molar-refractivity contribution is 7.10. The fourth-order valence-corrected chi connectivity index (χ4v) is 3.86. The fraction of sp³-hybridized carbons (Fsp3) is 0.292. The zero-order valence-corrected chi connectivity index (χ0v) is 17.9. The number of nitrogens with zero attached hydrogens (tertiary/aromatic N) is 1. The van der Waals surface area contributed by atoms with Crippen LogP contribution in [0.1, 0.15) is 41.1 Å². The van der Waals surface area contributed by atoms with Crippen molar-refractivity contribution in [1.29, 1.82) is 0 Å². The molecule has 0 fully saturated rings. The summed E-state index contributed by atoms with van der Waals surface area (Å²) in [7, 11) is 0. The van der Waals surface area contributed by atoms with Gasteiger partial charge in [-0.1, -0.05) is 37.3 Å². The monoisotopic (exact) mass is 408 g/mol. The van der Waals surface area contributed by atoms with E-state index in [2.05, 4.69) is 34.7 Å². The van der Waals surface area contributed by atoms with Crippen LogP contribution in [-0.4, -0.2) is 19.0 Å². The predicted molar refractivity (Wildman–Crippen MR) is 121 cm³/mol. The summed E-state index contributed by atoms with van der Waals surface area (Å²) in [5.74, 6) is 0.921. The summed E-state index contributed by atoms with van der Waals surface area (Å²) in [6, 6.07) is 20.1. The first kappa shape index (κ1) is 20.9. The summed E-state index contributed by atoms with van der Waals surface area (Å²) in [5, 5.41) is 4.99. The SMILES string of the molecule is CCCNC(=O)c1ccc(N(CC)Cc2sccc2OCc2ccccc2)cc1. The van der Waals surface area contributed by atoms with Gasteiger partial charge in [-0.3, -0.25) is 4.79 Å². The van der Waals surface area contributed by atoms with Crippen LogP contribution in [0.25, 0.3) is 0 Å². The van der Waals surface area contributed by atoms with E-state index in [4.69, 9.17) is 4.74 Å². The van der Waals surface area contributed by atoms with Crippen LogP contribution >= 0.6 is 11.3 Å². The van der Waals surface area contributed by atoms with Gasteiger partial charge in [0.15, 0.2) is 0 Å². The molecule has 1 aromatic heterocycles. The minimum absolute atomic E-state index is 0.0173. The van der Waals surface area contributed by atoms with E-state index in [9.17, 15) is 4.79 Å². The highest BCUT2D eigenvalue weighted by Crippen LogP contribution is 2.29. The lowest BCUT2D eigenvalue weighted by molar-refractivity contribution is 0.0953. The maximum atomic E-state index is 12.1. The number of thiophene rings is 1. The Morgan fingerprint density at radius 1 is 1.03 bits per heavy atom. The van der Waals surface area contributed by atoms with Gasteiger partial charge in [0.25, 0.3) is 5.91 Å². The van der Waals surface area contributed by atoms with Crippen LogP contribution in [0.5, 0.6) is 5.75 Å². The van der Waals surface area contributed by atoms with Gasteiger partial charge in [0.05, 0.1) is 11.4 Å². The lowest BCUT2D eigenvalue weighted by atomic mass is 10.1. The number of benzene rings is 2. The van der Waals surface area contributed by atoms with Gasteiger partial charge >= 0.3 is 0 Å². The third-order valence-electron chi connectivity index (χ3n) is 4.69. The van der Waals surface area contributed by atoms with Crippen molar-refractivity contribution in [2.45, 2.75) is 33.4 Å². The highest BCUT2D eigenvalue weighted by atomic mass is 32.1. The number of hydrogen-bond acceptors (Lipinski definition) is 4. The van der Waals surface area contributed by atoms with Crippen molar-refractivity contribution in [3.63, 3.8) is 0 Å². The third-order valence-corrected chi connectivity index (χ3v) is 5.58. The molecule has 0 aliphatic carbocycles. The molecule has 5 heteroatoms. The molecular formula is C24H28N2O2S. The molecule has 0 spiro atoms. The number of amides is 1. The zero-order chi connectivity index (χ0) is 20.5. The van der Waals surface area contributed by atoms with Gasteiger partial charge in [-0.2, -0.15) is 0 Å². The van der Waals surface area contributed by atoms with Crippen LogP contribution in [0, 0.1) is 0 Å². The molecule has 0 saturated carbocycles. The van der Waals surface area contributed by atoms with Crippen molar-refractivity contribution < 1.29 is 9.53 Å². The van der Waals surface area contributed by atoms with Gasteiger partial charge in [0.1, 0.15) is 12.4 Å². The summed E-state index contributed by atoms with van der Waals surface area (Å²) in [6.45, 7) is 7.10. The summed E-state index contributed by atoms with van der Waals surface area (Å²) in [4.78, 5) is 15.6. The van der Waals surface area contributed by atoms with Gasteiger partial charge < -0.3 is 15.0 Å². The predicted octanol–water partition coefficient (Wildman–Crippen LogP) is 5.49. The molecule has 29 heavy (non-hydrogen) atoms. The quantitative estimate of drug-likeness (QED) is 0.482. The van der Waals surface area contributed by atoms with Crippen LogP contribution in [0.4, 0.5) is 5.69 Å². The first-order chi connectivity index (χ1) is 14.2. The smallest absolute Gasteiger partial charge is 0.251 e. The van der Waals surface area contributed by atoms with Crippen LogP contribution in [0.3, 0.4) is 0 Å². The summed E-state index contributed by atoms with van der Waals surface area (Å²) in [6.07, 6.45) is 0.933. The minimum atomic E-state index is -0.0173. The molecule has 0 aliphatic rings. The Labute approximate surface area is 177 Å². The lowest BCUT2D eigenvalue weighted by Gasteiger charge is -2.23. The number of carbonyl (C=O) groups is 1. The van der Waals surface area contributed by atoms with E-state index in [-0.39, 0.29) is 5.91 Å². The molecular weight excluding hydrogens is 380 g/mol. The van der Waals surface area contributed by atoms with E-state index in [1.807, 2.05) is 55.5 Å². The summed E-state index contributed by atoms with van der Waals surface area (Å²) >= 11 is 1.71. The number of hydrogen-bond donors (Lipinski definition) is 1. The minimum Gasteiger partial charge on any atom is -0.488 e. The Morgan fingerprint density at radius 2 is 1.79 bits per heavy atom. The van der Waals surface area contributed by atoms with Crippen LogP contribution in [0.2, 0.25) is 0 Å². The van der Waals surface area contributed by atoms with Crippen LogP contribution in [-0.2, 0) is 13.2 Å². The van der Waals surface area contributed by atoms with E-state index < -0.39 is 0 Å². The molecule has 0 unspecified atom stereocenters. The number of ether oxygens (including phenoxy) is 1. The Bertz CT molecular complexity index is 891. The maximum Gasteiger partial charge on any atom is 0.251 e. The Balaban J connectivity index is 1.64. The maximum absolute atomic E-state index is 12.1. The van der Waals surface area contributed by atoms with Crippen molar-refractivity contribution in [2.75, 3.05) is 18.0 Å². The molecule has 0 aliphatic heterocycles. The molecule has 152 valence electrons. The Kier molecular flexibility index (Phi) is 7.70. The number of nitrogens with one attached hydrogen (secondary N) is 1. The average molecular weight is 409 g/mol. The average Bonchev–Trinajstić information content (AvgIpc) is 3.22. The summed E-state index contributed by atoms with van der Waals surface area (Å²) in [5.41, 5.74) is 2.96. The molecule has 0 radical (unpaired) electrons. The highest BCUT2D eigenvalue weighted by Gasteiger charge is 2.13. The summed E-state index contributed by atoms with van der Waals surface area (Å²) < 4.78 is 6.06. The van der Waals surface area contributed by atoms with Gasteiger partial charge in [-0.05, 0) is 54.6 Å². The molecule has 1 N–H and O–H groups in total. The number of anilines is 1. The first-order valence-electron chi connectivity index (χ1n) is 10.1. The zero-order valence-electron chi connectivity index (χ0n) is 17.1. The topological polar surface area (TPSA) is 41.6 Å². The van der Waals surface area contributed by atoms with Crippen molar-refractivity contribution >= 4 is 22.9 Å². The van der Waals surface area contributed by atoms with Gasteiger partial charge in [-0.25, -0.2) is 0 Å². The van der Waals surface area contributed by atoms with Gasteiger partial charge in [0, 0.05) is 24.3 Å². The molecule has 4 nitrogen and oxygen atoms in total. The van der Waals surface area contributed by atoms with E-state index in [1.54, 1.807) is 11.3 Å². The van der Waals surface area contributed by atoms with E-state index in [1.165, 1.54) is 4.88 Å². The molecule has 2 aromatic carbocycles. The largest absolute Gasteiger partial charge is 0.488 e. The first-order valence-corrected chi connectivity index (χ1v) is 11.0. The second-order valence-corrected chi connectivity index (χ2v) is 7.80. The molecule has 0 saturated heterocycles. The van der Waals surface area contributed by atoms with E-state index >= 15 is 0 Å². The van der Waals surface area contributed by atoms with Gasteiger partial charge in [-0.15, -0.1) is 11.3 Å². The van der Waals surface area contributed by atoms with Crippen LogP contribution < -0.4 is 15.0 Å². The van der Waals surface area contributed by atoms with E-state index in [0.29, 0.717) is 18.7 Å². The van der Waals surface area contributed by atoms with Crippen molar-refractivity contribution in [2.24, 2.45) is 0 Å². The molecule has 0 atom stereocenters. The Morgan fingerprint density at radius 3 is 2.48 bits per heavy atom. The van der Waals surface area contributed by atoms with Crippen molar-refractivity contribution in [1.82, 2.24) is 5.32 Å². The fourth-order valence-electron chi connectivity index (χ4n) is 3.03. The standard InChI is InChI=1S/C24H28N2O2S/c1-3-15-25-24(27)20-10-12-21(13-11-20)26(4-2)17-23-22(14-16-29-23)28-18-19-8-6-5-7-9-19/h5-14,16H,3-4,15,17-18H2,1-2H3,(H,25,27).